The predicted molar refractivity (Wildman–Crippen MR) is 301 cm³/mol. The molecular weight excluding hydrogens is 1690 g/mol. The van der Waals surface area contributed by atoms with E-state index in [1.807, 2.05) is 0 Å². The van der Waals surface area contributed by atoms with E-state index in [9.17, 15) is 187 Å². The van der Waals surface area contributed by atoms with Crippen LogP contribution in [0.15, 0.2) is 0 Å². The molecule has 6 fully saturated rings. The van der Waals surface area contributed by atoms with Crippen molar-refractivity contribution < 1.29 is 264 Å². The summed E-state index contributed by atoms with van der Waals surface area (Å²) in [5.41, 5.74) is 0. The maximum atomic E-state index is 13.2. The highest BCUT2D eigenvalue weighted by atomic mass is 32.3. The third-order valence-corrected chi connectivity index (χ3v) is 18.9. The molecule has 1 unspecified atom stereocenters. The first-order valence-corrected chi connectivity index (χ1v) is 39.8. The summed E-state index contributed by atoms with van der Waals surface area (Å²) in [4.78, 5) is 38.1. The lowest BCUT2D eigenvalue weighted by molar-refractivity contribution is -0.375. The molecule has 0 aromatic rings. The Labute approximate surface area is 591 Å². The fourth-order valence-corrected chi connectivity index (χ4v) is 14.7. The van der Waals surface area contributed by atoms with Crippen LogP contribution in [0.5, 0.6) is 0 Å². The van der Waals surface area contributed by atoms with Crippen LogP contribution in [0.1, 0.15) is 0 Å². The quantitative estimate of drug-likeness (QED) is 0.0266. The Morgan fingerprint density at radius 2 is 0.538 bits per heavy atom. The Balaban J connectivity index is 1.41. The lowest BCUT2D eigenvalue weighted by Gasteiger charge is -2.50. The second kappa shape index (κ2) is 34.4. The average molecular weight is 1750 g/mol. The van der Waals surface area contributed by atoms with Crippen molar-refractivity contribution in [3.8, 4) is 0 Å². The van der Waals surface area contributed by atoms with E-state index >= 15 is 0 Å². The number of hydrogen-bond acceptors (Lipinski definition) is 46. The molecule has 6 aliphatic heterocycles. The molecular formula is C36H59N3O58S9. The van der Waals surface area contributed by atoms with Gasteiger partial charge in [0, 0.05) is 0 Å². The number of carbonyl (C=O) groups is 3. The smallest absolute Gasteiger partial charge is 0.397 e. The van der Waals surface area contributed by atoms with Gasteiger partial charge in [-0.1, -0.05) is 0 Å². The van der Waals surface area contributed by atoms with E-state index in [0.29, 0.717) is 0 Å². The fourth-order valence-electron chi connectivity index (χ4n) is 10.5. The summed E-state index contributed by atoms with van der Waals surface area (Å²) in [5.74, 6) is -7.39. The number of nitrogens with one attached hydrogen (secondary N) is 3. The molecule has 0 aromatic heterocycles. The fraction of sp³-hybridized carbons (Fsp3) is 0.917. The van der Waals surface area contributed by atoms with Crippen molar-refractivity contribution in [1.29, 1.82) is 0 Å². The zero-order valence-corrected chi connectivity index (χ0v) is 57.9. The van der Waals surface area contributed by atoms with Gasteiger partial charge < -0.3 is 108 Å². The minimum atomic E-state index is -6.35. The first kappa shape index (κ1) is 91.4. The number of ether oxygens (including phenoxy) is 11. The molecule has 23 N–H and O–H groups in total. The van der Waals surface area contributed by atoms with Gasteiger partial charge in [0.15, 0.2) is 74.4 Å². The standard InChI is InChI=1S/C36H59N3O58S9/c40-10-7(37-98(54,55)56)31(53)84-4(1-81-101(63,64)65)17(10)87-35-24(96-105(75,76)77)15(45)20(26(93-35)29(49)50)90-33-9(39-100(60,61)62)12(42)19(6(86-33)3-83-103(69,70)71)89-36-25(97-106(78,79)80)16(46)21(27(94-36)30(51)52)91-32-8(38-99(57,58)59)11(41)18(5(85-32)2-82-102(66,67)68)88-34-23(95-104(72,73)74)14(44)13(43)22(92-34)28(47)48/h4-27,31-46,53H,1-3H2,(H,47,48)(H,49,50)(H,51,52)(H,54,55,56)(H,57,58,59)(H,60,61,62)(H,63,64,65)(H,66,67,68)(H,69,70,71)(H,72,73,74)(H,75,76,77)(H,78,79,80)/t4-,5-,6-,7-,8-,9-,10-,11-,12-,13+,14+,15+,16+,17-,18-,19-,20+,21+,22-,23-,24-,25-,26-,27-,31?,32+,33-,34-,35-,36-/m1/s1. The molecule has 620 valence electrons. The maximum Gasteiger partial charge on any atom is 0.397 e. The van der Waals surface area contributed by atoms with E-state index in [1.54, 1.807) is 0 Å². The molecule has 6 rings (SSSR count). The van der Waals surface area contributed by atoms with E-state index in [4.69, 9.17) is 52.1 Å². The lowest BCUT2D eigenvalue weighted by atomic mass is 9.94. The van der Waals surface area contributed by atoms with Gasteiger partial charge in [0.2, 0.25) is 0 Å². The van der Waals surface area contributed by atoms with Crippen molar-refractivity contribution in [2.75, 3.05) is 19.8 Å². The van der Waals surface area contributed by atoms with Gasteiger partial charge in [-0.25, -0.2) is 39.5 Å². The van der Waals surface area contributed by atoms with E-state index in [-0.39, 0.29) is 0 Å². The van der Waals surface area contributed by atoms with Gasteiger partial charge in [-0.05, 0) is 0 Å². The van der Waals surface area contributed by atoms with Crippen molar-refractivity contribution in [3.05, 3.63) is 0 Å². The number of hydrogen-bond donors (Lipinski definition) is 23. The second-order valence-electron chi connectivity index (χ2n) is 21.8. The number of aliphatic hydroxyl groups is 8. The molecule has 0 aromatic carbocycles. The van der Waals surface area contributed by atoms with E-state index in [2.05, 4.69) is 25.1 Å². The van der Waals surface area contributed by atoms with Gasteiger partial charge in [0.05, 0.1) is 19.8 Å². The summed E-state index contributed by atoms with van der Waals surface area (Å²) in [6, 6.07) is -8.82. The molecule has 0 bridgehead atoms. The molecule has 0 saturated carbocycles. The van der Waals surface area contributed by atoms with E-state index in [1.165, 1.54) is 4.72 Å². The Morgan fingerprint density at radius 1 is 0.283 bits per heavy atom. The monoisotopic (exact) mass is 1750 g/mol. The molecule has 0 radical (unpaired) electrons. The van der Waals surface area contributed by atoms with Gasteiger partial charge in [-0.3, -0.25) is 41.0 Å². The van der Waals surface area contributed by atoms with Crippen LogP contribution in [-0.4, -0.2) is 395 Å². The number of aliphatic carboxylic acids is 3. The normalized spacial score (nSPS) is 39.4. The molecule has 0 spiro atoms. The highest BCUT2D eigenvalue weighted by molar-refractivity contribution is 7.84. The Kier molecular flexibility index (Phi) is 29.7. The number of aliphatic hydroxyl groups excluding tert-OH is 8. The topological polar surface area (TPSA) is 956 Å². The average Bonchev–Trinajstić information content (AvgIpc) is 0.763. The zero-order valence-electron chi connectivity index (χ0n) is 50.6. The highest BCUT2D eigenvalue weighted by Crippen LogP contribution is 2.40. The van der Waals surface area contributed by atoms with Gasteiger partial charge in [-0.2, -0.15) is 89.9 Å². The third kappa shape index (κ3) is 25.8. The maximum absolute atomic E-state index is 13.2. The molecule has 30 atom stereocenters. The molecule has 6 saturated heterocycles. The van der Waals surface area contributed by atoms with Gasteiger partial charge >= 0.3 is 111 Å². The summed E-state index contributed by atoms with van der Waals surface area (Å²) < 4.78 is 391. The largest absolute Gasteiger partial charge is 0.479 e. The van der Waals surface area contributed by atoms with Crippen molar-refractivity contribution >= 4 is 111 Å². The molecule has 0 amide bonds. The van der Waals surface area contributed by atoms with Crippen LogP contribution in [-0.2, 0) is 185 Å². The van der Waals surface area contributed by atoms with Crippen LogP contribution in [0.3, 0.4) is 0 Å². The second-order valence-corrected chi connectivity index (χ2v) is 31.8. The highest BCUT2D eigenvalue weighted by Gasteiger charge is 2.62. The van der Waals surface area contributed by atoms with E-state index in [0.717, 1.165) is 9.44 Å². The molecule has 6 aliphatic rings. The van der Waals surface area contributed by atoms with Crippen molar-refractivity contribution in [2.24, 2.45) is 0 Å². The van der Waals surface area contributed by atoms with Crippen molar-refractivity contribution in [2.45, 2.75) is 184 Å². The Morgan fingerprint density at radius 3 is 0.811 bits per heavy atom. The van der Waals surface area contributed by atoms with Crippen molar-refractivity contribution in [1.82, 2.24) is 14.2 Å². The Hall–Kier alpha value is -3.52. The summed E-state index contributed by atoms with van der Waals surface area (Å²) in [6.45, 7) is -5.60. The SMILES string of the molecule is O=C(O)[C@@H]1O[C@@H](O[C@H]2[C@H](O)[C@@H](NS(=O)(=O)O)[C@H](O[C@H]3[C@H](O)[C@@H](OS(=O)(=O)O)[C@H](O[C@H]4[C@H](O)[C@@H](NS(=O)(=O)O)[C@@H](O[C@H]5[C@H](O)[C@@H](OS(=O)(=O)O)[C@H](O[C@H]6[C@H](O)[C@@H](NS(=O)(=O)O)C(O)O[C@@H]6COS(=O)(=O)O)O[C@H]5C(=O)O)O[C@@H]4COS(=O)(=O)O)O[C@H]3C(=O)O)O[C@@H]2COS(=O)(=O)O)[C@H](OS(=O)(=O)O)[C@@H](O)[C@@H]1O. The first-order chi connectivity index (χ1) is 47.9. The molecule has 61 nitrogen and oxygen atoms in total. The third-order valence-electron chi connectivity index (χ3n) is 14.5. The van der Waals surface area contributed by atoms with Crippen LogP contribution in [0.2, 0.25) is 0 Å². The predicted octanol–water partition coefficient (Wildman–Crippen LogP) is -16.7. The minimum absolute atomic E-state index is 1.11. The summed E-state index contributed by atoms with van der Waals surface area (Å²) >= 11 is 0. The number of rotatable bonds is 34. The first-order valence-electron chi connectivity index (χ1n) is 27.3. The number of carboxylic acid groups (broad SMARTS) is 3. The van der Waals surface area contributed by atoms with Gasteiger partial charge in [-0.15, -0.1) is 0 Å². The van der Waals surface area contributed by atoms with Crippen LogP contribution in [0, 0.1) is 0 Å². The van der Waals surface area contributed by atoms with Gasteiger partial charge in [0.1, 0.15) is 110 Å². The van der Waals surface area contributed by atoms with Crippen LogP contribution >= 0.6 is 0 Å². The Bertz CT molecular complexity index is 4190. The van der Waals surface area contributed by atoms with Crippen molar-refractivity contribution in [3.63, 3.8) is 0 Å². The minimum Gasteiger partial charge on any atom is -0.479 e. The molecule has 6 heterocycles. The molecule has 70 heteroatoms. The van der Waals surface area contributed by atoms with Crippen LogP contribution in [0.4, 0.5) is 0 Å². The summed E-state index contributed by atoms with van der Waals surface area (Å²) in [5, 5.41) is 121. The van der Waals surface area contributed by atoms with Crippen LogP contribution in [0.25, 0.3) is 0 Å². The zero-order chi connectivity index (χ0) is 80.8. The molecule has 0 aliphatic carbocycles. The van der Waals surface area contributed by atoms with E-state index < -0.39 is 315 Å². The summed E-state index contributed by atoms with van der Waals surface area (Å²) in [7, 11) is -53.6. The van der Waals surface area contributed by atoms with Gasteiger partial charge in [0.25, 0.3) is 0 Å². The molecule has 106 heavy (non-hydrogen) atoms. The van der Waals surface area contributed by atoms with Crippen LogP contribution < -0.4 is 14.2 Å². The number of carboxylic acids is 3. The lowest BCUT2D eigenvalue weighted by Crippen LogP contribution is -2.71. The summed E-state index contributed by atoms with van der Waals surface area (Å²) in [6.07, 6.45) is -82.6.